The van der Waals surface area contributed by atoms with Crippen molar-refractivity contribution < 1.29 is 9.53 Å². The van der Waals surface area contributed by atoms with Crippen LogP contribution in [0.15, 0.2) is 43.0 Å². The van der Waals surface area contributed by atoms with Gasteiger partial charge in [-0.25, -0.2) is 4.98 Å². The molecule has 0 fully saturated rings. The van der Waals surface area contributed by atoms with Crippen LogP contribution < -0.4 is 10.1 Å². The Kier molecular flexibility index (Phi) is 5.79. The van der Waals surface area contributed by atoms with Crippen molar-refractivity contribution in [2.24, 2.45) is 0 Å². The maximum atomic E-state index is 12.0. The van der Waals surface area contributed by atoms with Crippen LogP contribution in [0, 0.1) is 0 Å². The molecule has 5 heteroatoms. The predicted molar refractivity (Wildman–Crippen MR) is 90.5 cm³/mol. The Morgan fingerprint density at radius 1 is 1.39 bits per heavy atom. The number of hydrogen-bond acceptors (Lipinski definition) is 3. The Morgan fingerprint density at radius 2 is 2.17 bits per heavy atom. The highest BCUT2D eigenvalue weighted by Crippen LogP contribution is 2.36. The molecule has 1 amide bonds. The number of carbonyl (C=O) groups is 1. The van der Waals surface area contributed by atoms with E-state index < -0.39 is 0 Å². The Hall–Kier alpha value is -2.30. The van der Waals surface area contributed by atoms with Crippen molar-refractivity contribution in [2.75, 3.05) is 13.7 Å². The molecule has 2 rings (SSSR count). The van der Waals surface area contributed by atoms with E-state index in [1.807, 2.05) is 18.2 Å². The second-order valence-corrected chi connectivity index (χ2v) is 5.95. The first kappa shape index (κ1) is 17.1. The lowest BCUT2D eigenvalue weighted by Gasteiger charge is -2.30. The SMILES string of the molecule is CC[C@@](C)(CCNC(=O)Cn1ccnc1)c1ccccc1OC. The third-order valence-electron chi connectivity index (χ3n) is 4.42. The number of carbonyl (C=O) groups excluding carboxylic acids is 1. The maximum absolute atomic E-state index is 12.0. The summed E-state index contributed by atoms with van der Waals surface area (Å²) < 4.78 is 7.25. The Morgan fingerprint density at radius 3 is 2.83 bits per heavy atom. The molecule has 5 nitrogen and oxygen atoms in total. The van der Waals surface area contributed by atoms with Crippen LogP contribution in [0.5, 0.6) is 5.75 Å². The minimum Gasteiger partial charge on any atom is -0.496 e. The zero-order chi connectivity index (χ0) is 16.7. The fourth-order valence-electron chi connectivity index (χ4n) is 2.72. The Labute approximate surface area is 137 Å². The van der Waals surface area contributed by atoms with Crippen LogP contribution in [0.1, 0.15) is 32.3 Å². The molecule has 0 radical (unpaired) electrons. The van der Waals surface area contributed by atoms with Crippen LogP contribution in [-0.4, -0.2) is 29.1 Å². The fourth-order valence-corrected chi connectivity index (χ4v) is 2.72. The molecule has 0 unspecified atom stereocenters. The number of nitrogens with one attached hydrogen (secondary N) is 1. The fraction of sp³-hybridized carbons (Fsp3) is 0.444. The average Bonchev–Trinajstić information content (AvgIpc) is 3.07. The van der Waals surface area contributed by atoms with E-state index in [9.17, 15) is 4.79 Å². The van der Waals surface area contributed by atoms with Crippen molar-refractivity contribution >= 4 is 5.91 Å². The lowest BCUT2D eigenvalue weighted by Crippen LogP contribution is -2.33. The second kappa shape index (κ2) is 7.81. The number of methoxy groups -OCH3 is 1. The van der Waals surface area contributed by atoms with Gasteiger partial charge in [0.15, 0.2) is 0 Å². The van der Waals surface area contributed by atoms with Gasteiger partial charge in [-0.05, 0) is 24.3 Å². The van der Waals surface area contributed by atoms with E-state index in [2.05, 4.69) is 30.2 Å². The topological polar surface area (TPSA) is 56.2 Å². The molecule has 23 heavy (non-hydrogen) atoms. The first-order chi connectivity index (χ1) is 11.1. The Bertz CT molecular complexity index is 625. The average molecular weight is 315 g/mol. The smallest absolute Gasteiger partial charge is 0.239 e. The molecule has 0 saturated heterocycles. The molecular formula is C18H25N3O2. The lowest BCUT2D eigenvalue weighted by atomic mass is 9.77. The number of aromatic nitrogens is 2. The second-order valence-electron chi connectivity index (χ2n) is 5.95. The molecular weight excluding hydrogens is 290 g/mol. The molecule has 0 aliphatic rings. The monoisotopic (exact) mass is 315 g/mol. The van der Waals surface area contributed by atoms with Crippen molar-refractivity contribution in [3.63, 3.8) is 0 Å². The number of amides is 1. The van der Waals surface area contributed by atoms with Gasteiger partial charge in [0.25, 0.3) is 0 Å². The highest BCUT2D eigenvalue weighted by Gasteiger charge is 2.27. The van der Waals surface area contributed by atoms with Crippen molar-refractivity contribution in [2.45, 2.75) is 38.6 Å². The van der Waals surface area contributed by atoms with E-state index in [0.717, 1.165) is 18.6 Å². The normalized spacial score (nSPS) is 13.3. The standard InChI is InChI=1S/C18H25N3O2/c1-4-18(2,15-7-5-6-8-16(15)23-3)9-10-20-17(22)13-21-12-11-19-14-21/h5-8,11-12,14H,4,9-10,13H2,1-3H3,(H,20,22)/t18-/m0/s1. The van der Waals surface area contributed by atoms with E-state index in [4.69, 9.17) is 4.74 Å². The number of nitrogens with zero attached hydrogens (tertiary/aromatic N) is 2. The molecule has 0 aliphatic carbocycles. The molecule has 1 atom stereocenters. The molecule has 0 bridgehead atoms. The van der Waals surface area contributed by atoms with E-state index in [-0.39, 0.29) is 11.3 Å². The third-order valence-corrected chi connectivity index (χ3v) is 4.42. The number of hydrogen-bond donors (Lipinski definition) is 1. The van der Waals surface area contributed by atoms with Gasteiger partial charge in [-0.15, -0.1) is 0 Å². The zero-order valence-electron chi connectivity index (χ0n) is 14.1. The van der Waals surface area contributed by atoms with Gasteiger partial charge in [0, 0.05) is 24.5 Å². The summed E-state index contributed by atoms with van der Waals surface area (Å²) in [5.74, 6) is 0.906. The lowest BCUT2D eigenvalue weighted by molar-refractivity contribution is -0.121. The molecule has 0 saturated carbocycles. The highest BCUT2D eigenvalue weighted by molar-refractivity contribution is 5.75. The third kappa shape index (κ3) is 4.34. The van der Waals surface area contributed by atoms with Crippen LogP contribution in [0.2, 0.25) is 0 Å². The summed E-state index contributed by atoms with van der Waals surface area (Å²) in [6.45, 7) is 5.32. The number of rotatable bonds is 8. The largest absolute Gasteiger partial charge is 0.496 e. The first-order valence-electron chi connectivity index (χ1n) is 7.95. The summed E-state index contributed by atoms with van der Waals surface area (Å²) in [6, 6.07) is 8.10. The van der Waals surface area contributed by atoms with Crippen molar-refractivity contribution in [1.82, 2.24) is 14.9 Å². The van der Waals surface area contributed by atoms with E-state index >= 15 is 0 Å². The molecule has 1 N–H and O–H groups in total. The van der Waals surface area contributed by atoms with E-state index in [0.29, 0.717) is 13.1 Å². The highest BCUT2D eigenvalue weighted by atomic mass is 16.5. The predicted octanol–water partition coefficient (Wildman–Crippen LogP) is 2.77. The molecule has 0 spiro atoms. The van der Waals surface area contributed by atoms with Crippen LogP contribution in [-0.2, 0) is 16.8 Å². The van der Waals surface area contributed by atoms with Crippen LogP contribution >= 0.6 is 0 Å². The van der Waals surface area contributed by atoms with Gasteiger partial charge in [0.05, 0.1) is 13.4 Å². The van der Waals surface area contributed by atoms with Crippen molar-refractivity contribution in [3.05, 3.63) is 48.5 Å². The number of para-hydroxylation sites is 1. The Balaban J connectivity index is 1.94. The van der Waals surface area contributed by atoms with Gasteiger partial charge in [0.1, 0.15) is 12.3 Å². The minimum absolute atomic E-state index is 0.00137. The molecule has 2 aromatic rings. The van der Waals surface area contributed by atoms with Gasteiger partial charge < -0.3 is 14.6 Å². The quantitative estimate of drug-likeness (QED) is 0.815. The summed E-state index contributed by atoms with van der Waals surface area (Å²) >= 11 is 0. The van der Waals surface area contributed by atoms with Crippen LogP contribution in [0.3, 0.4) is 0 Å². The van der Waals surface area contributed by atoms with Gasteiger partial charge in [-0.2, -0.15) is 0 Å². The van der Waals surface area contributed by atoms with Gasteiger partial charge in [-0.1, -0.05) is 32.0 Å². The summed E-state index contributed by atoms with van der Waals surface area (Å²) in [6.07, 6.45) is 6.93. The number of benzene rings is 1. The van der Waals surface area contributed by atoms with Gasteiger partial charge in [-0.3, -0.25) is 4.79 Å². The number of imidazole rings is 1. The van der Waals surface area contributed by atoms with Crippen LogP contribution in [0.4, 0.5) is 0 Å². The summed E-state index contributed by atoms with van der Waals surface area (Å²) in [5.41, 5.74) is 1.16. The summed E-state index contributed by atoms with van der Waals surface area (Å²) in [4.78, 5) is 15.9. The van der Waals surface area contributed by atoms with Crippen molar-refractivity contribution in [3.8, 4) is 5.75 Å². The number of ether oxygens (including phenoxy) is 1. The maximum Gasteiger partial charge on any atom is 0.239 e. The van der Waals surface area contributed by atoms with E-state index in [1.54, 1.807) is 30.4 Å². The van der Waals surface area contributed by atoms with E-state index in [1.165, 1.54) is 5.56 Å². The van der Waals surface area contributed by atoms with Gasteiger partial charge in [0.2, 0.25) is 5.91 Å². The molecule has 1 aromatic carbocycles. The zero-order valence-corrected chi connectivity index (χ0v) is 14.1. The van der Waals surface area contributed by atoms with Crippen molar-refractivity contribution in [1.29, 1.82) is 0 Å². The van der Waals surface area contributed by atoms with Gasteiger partial charge >= 0.3 is 0 Å². The first-order valence-corrected chi connectivity index (χ1v) is 7.95. The minimum atomic E-state index is -0.0328. The van der Waals surface area contributed by atoms with Crippen LogP contribution in [0.25, 0.3) is 0 Å². The molecule has 1 aromatic heterocycles. The summed E-state index contributed by atoms with van der Waals surface area (Å²) in [5, 5.41) is 2.99. The summed E-state index contributed by atoms with van der Waals surface area (Å²) in [7, 11) is 1.70. The molecule has 1 heterocycles. The molecule has 0 aliphatic heterocycles. The molecule has 124 valence electrons.